The molecule has 3 rings (SSSR count). The molecule has 1 heterocycles. The quantitative estimate of drug-likeness (QED) is 0.604. The lowest BCUT2D eigenvalue weighted by Crippen LogP contribution is -2.23. The first kappa shape index (κ1) is 20.1. The highest BCUT2D eigenvalue weighted by Crippen LogP contribution is 2.29. The van der Waals surface area contributed by atoms with E-state index < -0.39 is 5.25 Å². The summed E-state index contributed by atoms with van der Waals surface area (Å²) in [5.41, 5.74) is 3.13. The third-order valence-corrected chi connectivity index (χ3v) is 5.59. The second-order valence-corrected chi connectivity index (χ2v) is 7.89. The predicted molar refractivity (Wildman–Crippen MR) is 111 cm³/mol. The van der Waals surface area contributed by atoms with E-state index in [9.17, 15) is 9.18 Å². The van der Waals surface area contributed by atoms with Gasteiger partial charge >= 0.3 is 0 Å². The number of aryl methyl sites for hydroxylation is 2. The lowest BCUT2D eigenvalue weighted by Gasteiger charge is -2.13. The number of rotatable bonds is 6. The number of nitrogens with one attached hydrogen (secondary N) is 1. The molecule has 1 aromatic heterocycles. The Labute approximate surface area is 168 Å². The number of halogens is 1. The van der Waals surface area contributed by atoms with Crippen molar-refractivity contribution < 1.29 is 9.18 Å². The van der Waals surface area contributed by atoms with E-state index in [1.807, 2.05) is 42.7 Å². The third kappa shape index (κ3) is 4.25. The van der Waals surface area contributed by atoms with Crippen molar-refractivity contribution in [2.75, 3.05) is 5.32 Å². The lowest BCUT2D eigenvalue weighted by molar-refractivity contribution is -0.115. The Morgan fingerprint density at radius 3 is 2.61 bits per heavy atom. The number of aromatic nitrogens is 3. The van der Waals surface area contributed by atoms with Crippen molar-refractivity contribution in [2.45, 2.75) is 44.6 Å². The van der Waals surface area contributed by atoms with Gasteiger partial charge in [0.15, 0.2) is 11.0 Å². The minimum absolute atomic E-state index is 0.212. The molecule has 0 unspecified atom stereocenters. The van der Waals surface area contributed by atoms with Crippen LogP contribution in [0.2, 0.25) is 0 Å². The summed E-state index contributed by atoms with van der Waals surface area (Å²) in [7, 11) is 0. The van der Waals surface area contributed by atoms with E-state index in [0.29, 0.717) is 23.0 Å². The first-order valence-electron chi connectivity index (χ1n) is 9.13. The number of carbonyl (C=O) groups is 1. The van der Waals surface area contributed by atoms with Crippen molar-refractivity contribution in [3.63, 3.8) is 0 Å². The predicted octanol–water partition coefficient (Wildman–Crippen LogP) is 4.84. The fraction of sp³-hybridized carbons (Fsp3) is 0.286. The van der Waals surface area contributed by atoms with Crippen molar-refractivity contribution >= 4 is 23.4 Å². The fourth-order valence-corrected chi connectivity index (χ4v) is 3.72. The molecule has 0 bridgehead atoms. The summed E-state index contributed by atoms with van der Waals surface area (Å²) >= 11 is 1.33. The molecule has 0 aliphatic carbocycles. The molecule has 0 saturated carbocycles. The minimum atomic E-state index is -0.413. The van der Waals surface area contributed by atoms with Crippen molar-refractivity contribution in [2.24, 2.45) is 0 Å². The zero-order valence-electron chi connectivity index (χ0n) is 16.4. The Kier molecular flexibility index (Phi) is 6.14. The zero-order valence-corrected chi connectivity index (χ0v) is 17.2. The van der Waals surface area contributed by atoms with Gasteiger partial charge in [0.05, 0.1) is 5.25 Å². The molecule has 0 radical (unpaired) electrons. The van der Waals surface area contributed by atoms with E-state index in [4.69, 9.17) is 0 Å². The van der Waals surface area contributed by atoms with Gasteiger partial charge in [-0.05, 0) is 51.0 Å². The Bertz CT molecular complexity index is 1000. The molecular formula is C21H23FN4OS. The average Bonchev–Trinajstić information content (AvgIpc) is 3.07. The Hall–Kier alpha value is -2.67. The van der Waals surface area contributed by atoms with E-state index >= 15 is 0 Å². The van der Waals surface area contributed by atoms with Crippen LogP contribution in [0.1, 0.15) is 25.0 Å². The molecule has 1 amide bonds. The summed E-state index contributed by atoms with van der Waals surface area (Å²) in [4.78, 5) is 12.5. The first-order valence-corrected chi connectivity index (χ1v) is 10.0. The van der Waals surface area contributed by atoms with Crippen LogP contribution < -0.4 is 5.32 Å². The van der Waals surface area contributed by atoms with Crippen LogP contribution in [0.4, 0.5) is 10.1 Å². The highest BCUT2D eigenvalue weighted by atomic mass is 32.2. The molecule has 7 heteroatoms. The highest BCUT2D eigenvalue weighted by Gasteiger charge is 2.21. The van der Waals surface area contributed by atoms with Gasteiger partial charge in [0, 0.05) is 17.8 Å². The number of anilines is 1. The van der Waals surface area contributed by atoms with Gasteiger partial charge in [0.2, 0.25) is 5.91 Å². The number of carbonyl (C=O) groups excluding carboxylic acids is 1. The van der Waals surface area contributed by atoms with E-state index in [0.717, 1.165) is 17.0 Å². The molecule has 1 atom stereocenters. The molecular weight excluding hydrogens is 375 g/mol. The van der Waals surface area contributed by atoms with Crippen molar-refractivity contribution in [3.05, 3.63) is 59.4 Å². The van der Waals surface area contributed by atoms with Crippen LogP contribution in [-0.2, 0) is 11.3 Å². The average molecular weight is 399 g/mol. The first-order chi connectivity index (χ1) is 13.4. The normalized spacial score (nSPS) is 12.0. The third-order valence-electron chi connectivity index (χ3n) is 4.51. The summed E-state index contributed by atoms with van der Waals surface area (Å²) in [6.07, 6.45) is 0. The van der Waals surface area contributed by atoms with Crippen molar-refractivity contribution in [1.29, 1.82) is 0 Å². The minimum Gasteiger partial charge on any atom is -0.325 e. The van der Waals surface area contributed by atoms with E-state index in [1.165, 1.54) is 17.8 Å². The summed E-state index contributed by atoms with van der Waals surface area (Å²) in [6, 6.07) is 12.7. The Balaban J connectivity index is 1.76. The molecule has 0 aliphatic rings. The molecule has 0 fully saturated rings. The van der Waals surface area contributed by atoms with E-state index in [-0.39, 0.29) is 11.7 Å². The van der Waals surface area contributed by atoms with Gasteiger partial charge in [0.25, 0.3) is 0 Å². The Morgan fingerprint density at radius 2 is 1.93 bits per heavy atom. The smallest absolute Gasteiger partial charge is 0.237 e. The number of benzene rings is 2. The molecule has 1 N–H and O–H groups in total. The van der Waals surface area contributed by atoms with Crippen molar-refractivity contribution in [1.82, 2.24) is 14.8 Å². The summed E-state index contributed by atoms with van der Waals surface area (Å²) in [5.74, 6) is 0.236. The molecule has 3 aromatic rings. The molecule has 0 aliphatic heterocycles. The van der Waals surface area contributed by atoms with Crippen LogP contribution in [0, 0.1) is 19.7 Å². The van der Waals surface area contributed by atoms with Gasteiger partial charge in [-0.15, -0.1) is 10.2 Å². The number of nitrogens with zero attached hydrogens (tertiary/aromatic N) is 3. The summed E-state index contributed by atoms with van der Waals surface area (Å²) < 4.78 is 15.7. The van der Waals surface area contributed by atoms with Gasteiger partial charge in [-0.1, -0.05) is 42.1 Å². The van der Waals surface area contributed by atoms with E-state index in [1.54, 1.807) is 26.0 Å². The fourth-order valence-electron chi connectivity index (χ4n) is 2.81. The topological polar surface area (TPSA) is 59.8 Å². The number of hydrogen-bond acceptors (Lipinski definition) is 4. The van der Waals surface area contributed by atoms with Gasteiger partial charge < -0.3 is 9.88 Å². The second kappa shape index (κ2) is 8.56. The van der Waals surface area contributed by atoms with Crippen LogP contribution in [0.5, 0.6) is 0 Å². The van der Waals surface area contributed by atoms with Crippen LogP contribution in [0.3, 0.4) is 0 Å². The van der Waals surface area contributed by atoms with E-state index in [2.05, 4.69) is 15.5 Å². The van der Waals surface area contributed by atoms with Gasteiger partial charge in [-0.3, -0.25) is 4.79 Å². The van der Waals surface area contributed by atoms with Crippen molar-refractivity contribution in [3.8, 4) is 11.4 Å². The number of amides is 1. The van der Waals surface area contributed by atoms with Crippen LogP contribution in [-0.4, -0.2) is 25.9 Å². The maximum absolute atomic E-state index is 13.7. The highest BCUT2D eigenvalue weighted by molar-refractivity contribution is 8.00. The summed E-state index contributed by atoms with van der Waals surface area (Å²) in [5, 5.41) is 11.7. The second-order valence-electron chi connectivity index (χ2n) is 6.58. The standard InChI is InChI=1S/C21H23FN4OS/c1-5-26-19(17-9-7-6-8-13(17)2)24-25-21(26)28-15(4)20(27)23-16-11-10-14(3)18(22)12-16/h6-12,15H,5H2,1-4H3,(H,23,27)/t15-/m0/s1. The molecule has 146 valence electrons. The molecule has 5 nitrogen and oxygen atoms in total. The lowest BCUT2D eigenvalue weighted by atomic mass is 10.1. The Morgan fingerprint density at radius 1 is 1.18 bits per heavy atom. The van der Waals surface area contributed by atoms with Gasteiger partial charge in [0.1, 0.15) is 5.82 Å². The van der Waals surface area contributed by atoms with Gasteiger partial charge in [-0.2, -0.15) is 0 Å². The summed E-state index contributed by atoms with van der Waals surface area (Å²) in [6.45, 7) is 8.23. The maximum Gasteiger partial charge on any atom is 0.237 e. The number of hydrogen-bond donors (Lipinski definition) is 1. The van der Waals surface area contributed by atoms with Crippen LogP contribution >= 0.6 is 11.8 Å². The maximum atomic E-state index is 13.7. The monoisotopic (exact) mass is 398 g/mol. The molecule has 28 heavy (non-hydrogen) atoms. The SMILES string of the molecule is CCn1c(S[C@@H](C)C(=O)Nc2ccc(C)c(F)c2)nnc1-c1ccccc1C. The number of thioether (sulfide) groups is 1. The van der Waals surface area contributed by atoms with Gasteiger partial charge in [-0.25, -0.2) is 4.39 Å². The molecule has 0 saturated heterocycles. The largest absolute Gasteiger partial charge is 0.325 e. The zero-order chi connectivity index (χ0) is 20.3. The molecule has 2 aromatic carbocycles. The molecule has 0 spiro atoms. The van der Waals surface area contributed by atoms with Crippen LogP contribution in [0.15, 0.2) is 47.6 Å². The van der Waals surface area contributed by atoms with Crippen LogP contribution in [0.25, 0.3) is 11.4 Å².